The topological polar surface area (TPSA) is 38.3 Å². The van der Waals surface area contributed by atoms with Gasteiger partial charge in [0, 0.05) is 18.3 Å². The Morgan fingerprint density at radius 1 is 1.50 bits per heavy atom. The van der Waals surface area contributed by atoms with Crippen molar-refractivity contribution in [2.75, 3.05) is 6.54 Å². The normalized spacial score (nSPS) is 11.6. The Balaban J connectivity index is 3.78. The molecular weight excluding hydrogens is 178 g/mol. The van der Waals surface area contributed by atoms with E-state index in [-0.39, 0.29) is 12.1 Å². The average molecular weight is 199 g/mol. The van der Waals surface area contributed by atoms with Crippen LogP contribution in [0.2, 0.25) is 0 Å². The largest absolute Gasteiger partial charge is 0.460 e. The van der Waals surface area contributed by atoms with Crippen LogP contribution in [0.1, 0.15) is 40.5 Å². The van der Waals surface area contributed by atoms with Gasteiger partial charge in [-0.05, 0) is 27.2 Å². The monoisotopic (exact) mass is 199 g/mol. The molecule has 0 aromatic heterocycles. The summed E-state index contributed by atoms with van der Waals surface area (Å²) in [5.74, 6) is -0.276. The molecule has 0 aliphatic heterocycles. The lowest BCUT2D eigenvalue weighted by atomic mass is 10.3. The minimum atomic E-state index is -0.276. The molecule has 0 saturated carbocycles. The maximum absolute atomic E-state index is 11.2. The van der Waals surface area contributed by atoms with Crippen LogP contribution in [0.4, 0.5) is 0 Å². The zero-order valence-corrected chi connectivity index (χ0v) is 9.59. The van der Waals surface area contributed by atoms with Gasteiger partial charge in [0.15, 0.2) is 0 Å². The number of allylic oxidation sites excluding steroid dienone is 1. The van der Waals surface area contributed by atoms with Crippen LogP contribution in [0.5, 0.6) is 0 Å². The summed E-state index contributed by atoms with van der Waals surface area (Å²) in [6, 6.07) is 0. The molecule has 0 heterocycles. The predicted octanol–water partition coefficient (Wildman–Crippen LogP) is 2.23. The van der Waals surface area contributed by atoms with E-state index >= 15 is 0 Å². The van der Waals surface area contributed by atoms with Crippen LogP contribution in [0.3, 0.4) is 0 Å². The van der Waals surface area contributed by atoms with Crippen LogP contribution in [0.15, 0.2) is 11.8 Å². The highest BCUT2D eigenvalue weighted by Gasteiger charge is 2.01. The minimum Gasteiger partial charge on any atom is -0.460 e. The maximum Gasteiger partial charge on any atom is 0.332 e. The molecule has 0 amide bonds. The van der Waals surface area contributed by atoms with E-state index in [0.717, 1.165) is 25.1 Å². The molecule has 0 unspecified atom stereocenters. The molecule has 3 nitrogen and oxygen atoms in total. The van der Waals surface area contributed by atoms with Crippen molar-refractivity contribution in [3.8, 4) is 0 Å². The van der Waals surface area contributed by atoms with Crippen molar-refractivity contribution < 1.29 is 9.53 Å². The number of hydrogen-bond acceptors (Lipinski definition) is 3. The van der Waals surface area contributed by atoms with Gasteiger partial charge in [-0.1, -0.05) is 13.3 Å². The molecule has 0 aliphatic carbocycles. The first-order valence-electron chi connectivity index (χ1n) is 5.19. The van der Waals surface area contributed by atoms with Crippen molar-refractivity contribution in [2.24, 2.45) is 0 Å². The number of carbonyl (C=O) groups is 1. The predicted molar refractivity (Wildman–Crippen MR) is 57.9 cm³/mol. The molecule has 14 heavy (non-hydrogen) atoms. The van der Waals surface area contributed by atoms with E-state index in [1.54, 1.807) is 0 Å². The SMILES string of the molecule is CCCCN/C(C)=C/C(=O)OC(C)C. The second kappa shape index (κ2) is 7.42. The van der Waals surface area contributed by atoms with E-state index in [1.165, 1.54) is 6.08 Å². The first-order chi connectivity index (χ1) is 6.56. The van der Waals surface area contributed by atoms with Gasteiger partial charge in [-0.25, -0.2) is 4.79 Å². The highest BCUT2D eigenvalue weighted by Crippen LogP contribution is 1.94. The number of unbranched alkanes of at least 4 members (excludes halogenated alkanes) is 1. The second-order valence-electron chi connectivity index (χ2n) is 3.59. The van der Waals surface area contributed by atoms with E-state index in [2.05, 4.69) is 12.2 Å². The number of hydrogen-bond donors (Lipinski definition) is 1. The molecule has 0 aromatic rings. The Kier molecular flexibility index (Phi) is 6.89. The van der Waals surface area contributed by atoms with E-state index in [4.69, 9.17) is 4.74 Å². The molecule has 0 fully saturated rings. The van der Waals surface area contributed by atoms with Crippen LogP contribution >= 0.6 is 0 Å². The van der Waals surface area contributed by atoms with Crippen molar-refractivity contribution in [1.82, 2.24) is 5.32 Å². The fraction of sp³-hybridized carbons (Fsp3) is 0.727. The fourth-order valence-corrected chi connectivity index (χ4v) is 0.956. The quantitative estimate of drug-likeness (QED) is 0.405. The van der Waals surface area contributed by atoms with Crippen molar-refractivity contribution in [3.63, 3.8) is 0 Å². The van der Waals surface area contributed by atoms with Gasteiger partial charge in [0.1, 0.15) is 0 Å². The van der Waals surface area contributed by atoms with Gasteiger partial charge in [-0.15, -0.1) is 0 Å². The Morgan fingerprint density at radius 2 is 2.14 bits per heavy atom. The summed E-state index contributed by atoms with van der Waals surface area (Å²) < 4.78 is 4.97. The van der Waals surface area contributed by atoms with Crippen molar-refractivity contribution in [3.05, 3.63) is 11.8 Å². The molecule has 0 aromatic carbocycles. The van der Waals surface area contributed by atoms with E-state index < -0.39 is 0 Å². The van der Waals surface area contributed by atoms with E-state index in [1.807, 2.05) is 20.8 Å². The van der Waals surface area contributed by atoms with Gasteiger partial charge >= 0.3 is 5.97 Å². The Bertz CT molecular complexity index is 197. The van der Waals surface area contributed by atoms with Crippen molar-refractivity contribution >= 4 is 5.97 Å². The minimum absolute atomic E-state index is 0.0535. The standard InChI is InChI=1S/C11H21NO2/c1-5-6-7-12-10(4)8-11(13)14-9(2)3/h8-9,12H,5-7H2,1-4H3/b10-8+. The fourth-order valence-electron chi connectivity index (χ4n) is 0.956. The lowest BCUT2D eigenvalue weighted by Crippen LogP contribution is -2.15. The smallest absolute Gasteiger partial charge is 0.332 e. The zero-order valence-electron chi connectivity index (χ0n) is 9.59. The Hall–Kier alpha value is -0.990. The number of carbonyl (C=O) groups excluding carboxylic acids is 1. The third kappa shape index (κ3) is 7.65. The van der Waals surface area contributed by atoms with Crippen molar-refractivity contribution in [2.45, 2.75) is 46.6 Å². The molecule has 0 aliphatic rings. The highest BCUT2D eigenvalue weighted by atomic mass is 16.5. The Labute approximate surface area is 86.5 Å². The first kappa shape index (κ1) is 13.0. The van der Waals surface area contributed by atoms with Gasteiger partial charge in [0.2, 0.25) is 0 Å². The van der Waals surface area contributed by atoms with Gasteiger partial charge in [0.25, 0.3) is 0 Å². The van der Waals surface area contributed by atoms with Gasteiger partial charge in [0.05, 0.1) is 6.10 Å². The lowest BCUT2D eigenvalue weighted by Gasteiger charge is -2.07. The maximum atomic E-state index is 11.2. The number of ether oxygens (including phenoxy) is 1. The summed E-state index contributed by atoms with van der Waals surface area (Å²) in [5, 5.41) is 3.15. The van der Waals surface area contributed by atoms with Crippen LogP contribution in [0, 0.1) is 0 Å². The lowest BCUT2D eigenvalue weighted by molar-refractivity contribution is -0.141. The summed E-state index contributed by atoms with van der Waals surface area (Å²) in [7, 11) is 0. The third-order valence-corrected chi connectivity index (χ3v) is 1.62. The molecule has 0 atom stereocenters. The van der Waals surface area contributed by atoms with Gasteiger partial charge in [-0.2, -0.15) is 0 Å². The van der Waals surface area contributed by atoms with Crippen molar-refractivity contribution in [1.29, 1.82) is 0 Å². The summed E-state index contributed by atoms with van der Waals surface area (Å²) in [5.41, 5.74) is 0.865. The molecule has 0 spiro atoms. The number of esters is 1. The van der Waals surface area contributed by atoms with Gasteiger partial charge < -0.3 is 10.1 Å². The molecule has 0 saturated heterocycles. The van der Waals surface area contributed by atoms with Crippen LogP contribution in [0.25, 0.3) is 0 Å². The average Bonchev–Trinajstić information content (AvgIpc) is 2.02. The van der Waals surface area contributed by atoms with Crippen LogP contribution in [-0.4, -0.2) is 18.6 Å². The van der Waals surface area contributed by atoms with Crippen LogP contribution in [-0.2, 0) is 9.53 Å². The molecule has 0 radical (unpaired) electrons. The summed E-state index contributed by atoms with van der Waals surface area (Å²) in [6.07, 6.45) is 3.71. The molecule has 0 bridgehead atoms. The van der Waals surface area contributed by atoms with Crippen LogP contribution < -0.4 is 5.32 Å². The highest BCUT2D eigenvalue weighted by molar-refractivity contribution is 5.82. The van der Waals surface area contributed by atoms with E-state index in [0.29, 0.717) is 0 Å². The molecule has 1 N–H and O–H groups in total. The summed E-state index contributed by atoms with van der Waals surface area (Å²) >= 11 is 0. The number of rotatable bonds is 6. The molecule has 0 rings (SSSR count). The van der Waals surface area contributed by atoms with Gasteiger partial charge in [-0.3, -0.25) is 0 Å². The molecule has 3 heteroatoms. The zero-order chi connectivity index (χ0) is 11.0. The number of nitrogens with one attached hydrogen (secondary N) is 1. The van der Waals surface area contributed by atoms with E-state index in [9.17, 15) is 4.79 Å². The first-order valence-corrected chi connectivity index (χ1v) is 5.19. The Morgan fingerprint density at radius 3 is 2.64 bits per heavy atom. The molecule has 82 valence electrons. The second-order valence-corrected chi connectivity index (χ2v) is 3.59. The molecular formula is C11H21NO2. The summed E-state index contributed by atoms with van der Waals surface area (Å²) in [6.45, 7) is 8.59. The summed E-state index contributed by atoms with van der Waals surface area (Å²) in [4.78, 5) is 11.2. The third-order valence-electron chi connectivity index (χ3n) is 1.62.